The quantitative estimate of drug-likeness (QED) is 0.286. The van der Waals surface area contributed by atoms with Crippen molar-refractivity contribution >= 4 is 23.9 Å². The third-order valence-electron chi connectivity index (χ3n) is 4.34. The van der Waals surface area contributed by atoms with Gasteiger partial charge in [-0.05, 0) is 18.2 Å². The van der Waals surface area contributed by atoms with Gasteiger partial charge in [-0.25, -0.2) is 9.59 Å². The molecule has 33 heavy (non-hydrogen) atoms. The minimum absolute atomic E-state index is 0.0473. The lowest BCUT2D eigenvalue weighted by Crippen LogP contribution is -2.41. The summed E-state index contributed by atoms with van der Waals surface area (Å²) in [7, 11) is 4.52. The molecule has 0 heterocycles. The topological polar surface area (TPSA) is 125 Å². The Labute approximate surface area is 191 Å². The molecule has 0 aliphatic carbocycles. The number of terminal acetylenes is 1. The van der Waals surface area contributed by atoms with Crippen LogP contribution in [0.4, 0.5) is 0 Å². The van der Waals surface area contributed by atoms with E-state index in [0.717, 1.165) is 14.2 Å². The van der Waals surface area contributed by atoms with Gasteiger partial charge in [0.25, 0.3) is 0 Å². The molecule has 9 nitrogen and oxygen atoms in total. The van der Waals surface area contributed by atoms with Crippen LogP contribution in [0.15, 0.2) is 18.2 Å². The van der Waals surface area contributed by atoms with Gasteiger partial charge in [-0.3, -0.25) is 9.59 Å². The summed E-state index contributed by atoms with van der Waals surface area (Å²) in [6.07, 6.45) is 2.89. The van der Waals surface area contributed by atoms with Gasteiger partial charge in [0.2, 0.25) is 0 Å². The largest absolute Gasteiger partial charge is 0.468 e. The fourth-order valence-corrected chi connectivity index (χ4v) is 2.63. The molecule has 172 valence electrons. The van der Waals surface area contributed by atoms with Crippen molar-refractivity contribution in [2.45, 2.75) is 18.9 Å². The van der Waals surface area contributed by atoms with Crippen LogP contribution in [0.25, 0.3) is 0 Å². The Kier molecular flexibility index (Phi) is 10.2. The van der Waals surface area contributed by atoms with Gasteiger partial charge in [0.15, 0.2) is 11.5 Å². The summed E-state index contributed by atoms with van der Waals surface area (Å²) >= 11 is 0. The Morgan fingerprint density at radius 3 is 1.79 bits per heavy atom. The summed E-state index contributed by atoms with van der Waals surface area (Å²) in [5, 5.41) is 9.41. The Hall–Kier alpha value is -4.26. The smallest absolute Gasteiger partial charge is 0.337 e. The zero-order chi connectivity index (χ0) is 25.0. The van der Waals surface area contributed by atoms with E-state index in [0.29, 0.717) is 0 Å². The number of ether oxygens (including phenoxy) is 4. The molecule has 0 amide bonds. The summed E-state index contributed by atoms with van der Waals surface area (Å²) < 4.78 is 18.9. The third kappa shape index (κ3) is 6.87. The molecule has 0 aromatic heterocycles. The third-order valence-corrected chi connectivity index (χ3v) is 4.34. The summed E-state index contributed by atoms with van der Waals surface area (Å²) in [5.41, 5.74) is -1.61. The van der Waals surface area contributed by atoms with Crippen molar-refractivity contribution in [2.75, 3.05) is 28.4 Å². The maximum atomic E-state index is 12.5. The van der Waals surface area contributed by atoms with Gasteiger partial charge in [0.05, 0.1) is 39.6 Å². The van der Waals surface area contributed by atoms with Crippen LogP contribution in [-0.4, -0.2) is 63.5 Å². The van der Waals surface area contributed by atoms with Crippen molar-refractivity contribution in [3.05, 3.63) is 34.9 Å². The van der Waals surface area contributed by atoms with Gasteiger partial charge in [-0.15, -0.1) is 6.42 Å². The molecule has 1 unspecified atom stereocenters. The van der Waals surface area contributed by atoms with Crippen LogP contribution < -0.4 is 0 Å². The molecule has 0 bridgehead atoms. The molecular weight excluding hydrogens is 432 g/mol. The summed E-state index contributed by atoms with van der Waals surface area (Å²) in [5.74, 6) is 8.83. The second-order valence-corrected chi connectivity index (χ2v) is 6.39. The summed E-state index contributed by atoms with van der Waals surface area (Å²) in [6, 6.07) is 4.01. The van der Waals surface area contributed by atoms with Crippen LogP contribution in [0, 0.1) is 41.4 Å². The number of benzene rings is 1. The number of esters is 4. The van der Waals surface area contributed by atoms with Gasteiger partial charge in [0, 0.05) is 18.4 Å². The highest BCUT2D eigenvalue weighted by molar-refractivity contribution is 6.01. The van der Waals surface area contributed by atoms with Crippen LogP contribution >= 0.6 is 0 Å². The molecule has 0 aliphatic rings. The first-order valence-corrected chi connectivity index (χ1v) is 9.29. The predicted molar refractivity (Wildman–Crippen MR) is 114 cm³/mol. The second kappa shape index (κ2) is 12.6. The van der Waals surface area contributed by atoms with Gasteiger partial charge < -0.3 is 24.1 Å². The molecular formula is C24H22O9. The average Bonchev–Trinajstić information content (AvgIpc) is 2.85. The van der Waals surface area contributed by atoms with Gasteiger partial charge in [-0.1, -0.05) is 29.6 Å². The molecule has 1 aromatic rings. The lowest BCUT2D eigenvalue weighted by Gasteiger charge is -2.24. The number of aliphatic hydroxyl groups excluding tert-OH is 1. The highest BCUT2D eigenvalue weighted by Gasteiger charge is 2.47. The number of rotatable bonds is 6. The minimum atomic E-state index is -1.93. The number of hydrogen-bond donors (Lipinski definition) is 1. The molecule has 0 saturated heterocycles. The Balaban J connectivity index is 3.47. The molecule has 0 aliphatic heterocycles. The van der Waals surface area contributed by atoms with Crippen molar-refractivity contribution in [1.82, 2.24) is 0 Å². The molecule has 9 heteroatoms. The average molecular weight is 454 g/mol. The summed E-state index contributed by atoms with van der Waals surface area (Å²) in [4.78, 5) is 48.8. The predicted octanol–water partition coefficient (Wildman–Crippen LogP) is 0.721. The van der Waals surface area contributed by atoms with Crippen LogP contribution in [-0.2, 0) is 28.5 Å². The van der Waals surface area contributed by atoms with E-state index >= 15 is 0 Å². The van der Waals surface area contributed by atoms with E-state index in [-0.39, 0.29) is 23.1 Å². The van der Waals surface area contributed by atoms with E-state index in [2.05, 4.69) is 33.2 Å². The fraction of sp³-hybridized carbons (Fsp3) is 0.333. The number of hydrogen-bond acceptors (Lipinski definition) is 9. The number of methoxy groups -OCH3 is 4. The van der Waals surface area contributed by atoms with E-state index in [1.54, 1.807) is 0 Å². The number of carbonyl (C=O) groups excluding carboxylic acids is 4. The molecule has 1 N–H and O–H groups in total. The maximum absolute atomic E-state index is 12.5. The second-order valence-electron chi connectivity index (χ2n) is 6.39. The zero-order valence-electron chi connectivity index (χ0n) is 18.5. The van der Waals surface area contributed by atoms with Crippen molar-refractivity contribution in [1.29, 1.82) is 0 Å². The normalized spacial score (nSPS) is 10.7. The highest BCUT2D eigenvalue weighted by atomic mass is 16.5. The molecule has 1 aromatic carbocycles. The van der Waals surface area contributed by atoms with Gasteiger partial charge in [0.1, 0.15) is 0 Å². The van der Waals surface area contributed by atoms with Crippen LogP contribution in [0.1, 0.15) is 39.1 Å². The first-order chi connectivity index (χ1) is 15.7. The van der Waals surface area contributed by atoms with Gasteiger partial charge >= 0.3 is 23.9 Å². The Morgan fingerprint density at radius 2 is 1.36 bits per heavy atom. The first kappa shape index (κ1) is 26.8. The lowest BCUT2D eigenvalue weighted by molar-refractivity contribution is -0.168. The molecule has 0 spiro atoms. The van der Waals surface area contributed by atoms with Crippen LogP contribution in [0.3, 0.4) is 0 Å². The SMILES string of the molecule is C#CC(O)C#CCC(CC#Cc1cc(C(=O)OC)cc(C(=O)OC)c1)(C(=O)OC)C(=O)OC. The van der Waals surface area contributed by atoms with E-state index in [9.17, 15) is 24.3 Å². The zero-order valence-corrected chi connectivity index (χ0v) is 18.5. The molecule has 0 radical (unpaired) electrons. The van der Waals surface area contributed by atoms with Crippen molar-refractivity contribution in [3.63, 3.8) is 0 Å². The minimum Gasteiger partial charge on any atom is -0.468 e. The molecule has 1 atom stereocenters. The summed E-state index contributed by atoms with van der Waals surface area (Å²) in [6.45, 7) is 0. The van der Waals surface area contributed by atoms with E-state index in [1.807, 2.05) is 5.92 Å². The number of carbonyl (C=O) groups is 4. The Bertz CT molecular complexity index is 1040. The van der Waals surface area contributed by atoms with E-state index < -0.39 is 41.8 Å². The first-order valence-electron chi connectivity index (χ1n) is 9.29. The van der Waals surface area contributed by atoms with Crippen molar-refractivity contribution < 1.29 is 43.2 Å². The molecule has 1 rings (SSSR count). The standard InChI is InChI=1S/C24H22O9/c1-6-19(25)10-8-12-24(22(28)32-4,23(29)33-5)11-7-9-16-13-17(20(26)30-2)15-18(14-16)21(27)31-3/h1,13-15,19,25H,11-12H2,2-5H3. The van der Waals surface area contributed by atoms with Gasteiger partial charge in [-0.2, -0.15) is 0 Å². The van der Waals surface area contributed by atoms with E-state index in [1.165, 1.54) is 32.4 Å². The maximum Gasteiger partial charge on any atom is 0.337 e. The van der Waals surface area contributed by atoms with Crippen molar-refractivity contribution in [3.8, 4) is 36.0 Å². The highest BCUT2D eigenvalue weighted by Crippen LogP contribution is 2.30. The lowest BCUT2D eigenvalue weighted by atomic mass is 9.81. The fourth-order valence-electron chi connectivity index (χ4n) is 2.63. The number of aliphatic hydroxyl groups is 1. The monoisotopic (exact) mass is 454 g/mol. The van der Waals surface area contributed by atoms with Crippen LogP contribution in [0.2, 0.25) is 0 Å². The molecule has 0 saturated carbocycles. The van der Waals surface area contributed by atoms with Crippen LogP contribution in [0.5, 0.6) is 0 Å². The van der Waals surface area contributed by atoms with Crippen molar-refractivity contribution in [2.24, 2.45) is 5.41 Å². The van der Waals surface area contributed by atoms with E-state index in [4.69, 9.17) is 15.9 Å². The molecule has 0 fully saturated rings. The Morgan fingerprint density at radius 1 is 0.879 bits per heavy atom.